The van der Waals surface area contributed by atoms with Crippen molar-refractivity contribution in [2.24, 2.45) is 0 Å². The number of ether oxygens (including phenoxy) is 1. The minimum Gasteiger partial charge on any atom is -0.497 e. The fourth-order valence-corrected chi connectivity index (χ4v) is 6.47. The Bertz CT molecular complexity index is 1750. The lowest BCUT2D eigenvalue weighted by Crippen LogP contribution is -2.49. The Morgan fingerprint density at radius 1 is 0.902 bits per heavy atom. The summed E-state index contributed by atoms with van der Waals surface area (Å²) in [5.41, 5.74) is 2.51. The van der Waals surface area contributed by atoms with Gasteiger partial charge in [-0.25, -0.2) is 23.1 Å². The Balaban J connectivity index is 1.18. The molecule has 0 unspecified atom stereocenters. The zero-order chi connectivity index (χ0) is 28.4. The zero-order valence-corrected chi connectivity index (χ0v) is 23.7. The summed E-state index contributed by atoms with van der Waals surface area (Å²) < 4.78 is 35.4. The van der Waals surface area contributed by atoms with E-state index < -0.39 is 10.0 Å². The van der Waals surface area contributed by atoms with Crippen molar-refractivity contribution < 1.29 is 13.2 Å². The summed E-state index contributed by atoms with van der Waals surface area (Å²) in [5.74, 6) is 2.15. The summed E-state index contributed by atoms with van der Waals surface area (Å²) in [6, 6.07) is 24.2. The molecule has 5 aromatic rings. The molecule has 3 aromatic carbocycles. The van der Waals surface area contributed by atoms with Gasteiger partial charge in [0.2, 0.25) is 10.0 Å². The standard InChI is InChI=1S/C30H31N7O3S/c1-22(29-33-28-10-4-3-9-27(28)30(34-29)32-23-7-5-8-25(21-23)40-2)35-17-19-36(20-18-35)41(38,39)26-13-11-24(12-14-26)37-16-6-15-31-37/h3-16,21-22H,17-20H2,1-2H3,(H,32,33,34)/t22-/m0/s1. The van der Waals surface area contributed by atoms with E-state index >= 15 is 0 Å². The molecular weight excluding hydrogens is 538 g/mol. The van der Waals surface area contributed by atoms with E-state index in [0.29, 0.717) is 37.8 Å². The number of para-hydroxylation sites is 1. The normalized spacial score (nSPS) is 15.6. The van der Waals surface area contributed by atoms with Gasteiger partial charge in [0.05, 0.1) is 29.3 Å². The van der Waals surface area contributed by atoms with Crippen LogP contribution < -0.4 is 10.1 Å². The van der Waals surface area contributed by atoms with Gasteiger partial charge in [0, 0.05) is 55.7 Å². The highest BCUT2D eigenvalue weighted by Gasteiger charge is 2.31. The average molecular weight is 570 g/mol. The molecule has 41 heavy (non-hydrogen) atoms. The second kappa shape index (κ2) is 11.3. The fourth-order valence-electron chi connectivity index (χ4n) is 5.05. The van der Waals surface area contributed by atoms with E-state index in [1.54, 1.807) is 46.6 Å². The van der Waals surface area contributed by atoms with Gasteiger partial charge >= 0.3 is 0 Å². The van der Waals surface area contributed by atoms with Crippen LogP contribution in [0.25, 0.3) is 16.6 Å². The van der Waals surface area contributed by atoms with Gasteiger partial charge in [-0.2, -0.15) is 9.40 Å². The fraction of sp³-hybridized carbons (Fsp3) is 0.233. The van der Waals surface area contributed by atoms with E-state index in [4.69, 9.17) is 14.7 Å². The van der Waals surface area contributed by atoms with Gasteiger partial charge in [0.1, 0.15) is 17.4 Å². The second-order valence-electron chi connectivity index (χ2n) is 9.87. The van der Waals surface area contributed by atoms with E-state index in [9.17, 15) is 8.42 Å². The largest absolute Gasteiger partial charge is 0.497 e. The Labute approximate surface area is 239 Å². The van der Waals surface area contributed by atoms with E-state index in [2.05, 4.69) is 22.2 Å². The molecule has 2 aromatic heterocycles. The maximum absolute atomic E-state index is 13.4. The molecule has 1 N–H and O–H groups in total. The van der Waals surface area contributed by atoms with Gasteiger partial charge in [-0.15, -0.1) is 0 Å². The molecule has 3 heterocycles. The molecule has 0 saturated carbocycles. The maximum atomic E-state index is 13.4. The van der Waals surface area contributed by atoms with Gasteiger partial charge in [-0.1, -0.05) is 18.2 Å². The number of nitrogens with zero attached hydrogens (tertiary/aromatic N) is 6. The number of sulfonamides is 1. The molecule has 1 fully saturated rings. The van der Waals surface area contributed by atoms with Gasteiger partial charge in [0.15, 0.2) is 0 Å². The number of hydrogen-bond acceptors (Lipinski definition) is 8. The van der Waals surface area contributed by atoms with Crippen molar-refractivity contribution in [1.82, 2.24) is 29.0 Å². The van der Waals surface area contributed by atoms with Crippen LogP contribution in [0.2, 0.25) is 0 Å². The van der Waals surface area contributed by atoms with E-state index in [1.165, 1.54) is 0 Å². The minimum atomic E-state index is -3.61. The molecule has 1 aliphatic rings. The SMILES string of the molecule is COc1cccc(Nc2nc([C@H](C)N3CCN(S(=O)(=O)c4ccc(-n5cccn5)cc4)CC3)nc3ccccc23)c1. The van der Waals surface area contributed by atoms with Crippen LogP contribution in [0.4, 0.5) is 11.5 Å². The van der Waals surface area contributed by atoms with Gasteiger partial charge in [-0.05, 0) is 61.5 Å². The molecule has 0 bridgehead atoms. The highest BCUT2D eigenvalue weighted by Crippen LogP contribution is 2.29. The minimum absolute atomic E-state index is 0.108. The molecule has 6 rings (SSSR count). The van der Waals surface area contributed by atoms with Crippen molar-refractivity contribution in [3.8, 4) is 11.4 Å². The van der Waals surface area contributed by atoms with E-state index in [-0.39, 0.29) is 10.9 Å². The number of methoxy groups -OCH3 is 1. The van der Waals surface area contributed by atoms with Crippen LogP contribution >= 0.6 is 0 Å². The number of hydrogen-bond donors (Lipinski definition) is 1. The highest BCUT2D eigenvalue weighted by molar-refractivity contribution is 7.89. The third-order valence-electron chi connectivity index (χ3n) is 7.39. The van der Waals surface area contributed by atoms with E-state index in [0.717, 1.165) is 28.0 Å². The lowest BCUT2D eigenvalue weighted by Gasteiger charge is -2.36. The van der Waals surface area contributed by atoms with Crippen LogP contribution in [0.3, 0.4) is 0 Å². The molecule has 0 spiro atoms. The number of rotatable bonds is 8. The Morgan fingerprint density at radius 3 is 2.41 bits per heavy atom. The average Bonchev–Trinajstić information content (AvgIpc) is 3.56. The molecule has 0 radical (unpaired) electrons. The predicted octanol–water partition coefficient (Wildman–Crippen LogP) is 4.64. The number of benzene rings is 3. The summed E-state index contributed by atoms with van der Waals surface area (Å²) in [6.07, 6.45) is 3.51. The van der Waals surface area contributed by atoms with E-state index in [1.807, 2.05) is 60.8 Å². The van der Waals surface area contributed by atoms with Crippen LogP contribution in [0, 0.1) is 0 Å². The molecule has 10 nitrogen and oxygen atoms in total. The van der Waals surface area contributed by atoms with Crippen LogP contribution in [-0.4, -0.2) is 70.7 Å². The van der Waals surface area contributed by atoms with Gasteiger partial charge in [-0.3, -0.25) is 4.90 Å². The summed E-state index contributed by atoms with van der Waals surface area (Å²) in [7, 11) is -1.97. The molecular formula is C30H31N7O3S. The van der Waals surface area contributed by atoms with Crippen molar-refractivity contribution in [2.45, 2.75) is 17.9 Å². The van der Waals surface area contributed by atoms with Gasteiger partial charge in [0.25, 0.3) is 0 Å². The summed E-state index contributed by atoms with van der Waals surface area (Å²) in [6.45, 7) is 3.98. The van der Waals surface area contributed by atoms with Crippen molar-refractivity contribution in [1.29, 1.82) is 0 Å². The summed E-state index contributed by atoms with van der Waals surface area (Å²) in [5, 5.41) is 8.55. The first-order chi connectivity index (χ1) is 19.9. The van der Waals surface area contributed by atoms with Crippen LogP contribution in [0.1, 0.15) is 18.8 Å². The smallest absolute Gasteiger partial charge is 0.243 e. The molecule has 1 aliphatic heterocycles. The number of aromatic nitrogens is 4. The first-order valence-electron chi connectivity index (χ1n) is 13.4. The summed E-state index contributed by atoms with van der Waals surface area (Å²) in [4.78, 5) is 12.3. The number of nitrogens with one attached hydrogen (secondary N) is 1. The highest BCUT2D eigenvalue weighted by atomic mass is 32.2. The van der Waals surface area contributed by atoms with Gasteiger partial charge < -0.3 is 10.1 Å². The molecule has 0 amide bonds. The van der Waals surface area contributed by atoms with Crippen molar-refractivity contribution in [3.05, 3.63) is 97.1 Å². The number of piperazine rings is 1. The molecule has 210 valence electrons. The van der Waals surface area contributed by atoms with Crippen LogP contribution in [0.5, 0.6) is 5.75 Å². The molecule has 1 saturated heterocycles. The van der Waals surface area contributed by atoms with Crippen molar-refractivity contribution in [2.75, 3.05) is 38.6 Å². The van der Waals surface area contributed by atoms with Crippen LogP contribution in [0.15, 0.2) is 96.2 Å². The van der Waals surface area contributed by atoms with Crippen LogP contribution in [-0.2, 0) is 10.0 Å². The third-order valence-corrected chi connectivity index (χ3v) is 9.30. The molecule has 0 aliphatic carbocycles. The zero-order valence-electron chi connectivity index (χ0n) is 22.9. The van der Waals surface area contributed by atoms with Crippen molar-refractivity contribution in [3.63, 3.8) is 0 Å². The third kappa shape index (κ3) is 5.51. The Morgan fingerprint density at radius 2 is 1.68 bits per heavy atom. The summed E-state index contributed by atoms with van der Waals surface area (Å²) >= 11 is 0. The number of fused-ring (bicyclic) bond motifs is 1. The lowest BCUT2D eigenvalue weighted by atomic mass is 10.2. The monoisotopic (exact) mass is 569 g/mol. The first-order valence-corrected chi connectivity index (χ1v) is 14.9. The maximum Gasteiger partial charge on any atom is 0.243 e. The molecule has 11 heteroatoms. The Kier molecular flexibility index (Phi) is 7.39. The predicted molar refractivity (Wildman–Crippen MR) is 158 cm³/mol. The second-order valence-corrected chi connectivity index (χ2v) is 11.8. The molecule has 1 atom stereocenters. The first kappa shape index (κ1) is 26.9. The lowest BCUT2D eigenvalue weighted by molar-refractivity contribution is 0.141. The van der Waals surface area contributed by atoms with Crippen molar-refractivity contribution >= 4 is 32.4 Å². The topological polar surface area (TPSA) is 105 Å². The number of anilines is 2. The Hall–Kier alpha value is -4.32. The quantitative estimate of drug-likeness (QED) is 0.288.